The number of hydrogen-bond donors (Lipinski definition) is 2. The van der Waals surface area contributed by atoms with Gasteiger partial charge in [-0.15, -0.1) is 0 Å². The molecule has 0 spiro atoms. The van der Waals surface area contributed by atoms with Crippen LogP contribution in [-0.4, -0.2) is 35.6 Å². The minimum Gasteiger partial charge on any atom is -0.384 e. The normalized spacial score (nSPS) is 18.2. The number of hydrogen-bond acceptors (Lipinski definition) is 4. The monoisotopic (exact) mass is 288 g/mol. The van der Waals surface area contributed by atoms with E-state index in [1.807, 2.05) is 0 Å². The molecule has 0 bridgehead atoms. The van der Waals surface area contributed by atoms with Crippen LogP contribution in [0.2, 0.25) is 0 Å². The molecule has 3 N–H and O–H groups in total. The Kier molecular flexibility index (Phi) is 4.37. The highest BCUT2D eigenvalue weighted by Crippen LogP contribution is 2.31. The number of pyridine rings is 1. The molecule has 112 valence electrons. The Hall–Kier alpha value is -1.50. The third-order valence-corrected chi connectivity index (χ3v) is 3.52. The Labute approximate surface area is 116 Å². The van der Waals surface area contributed by atoms with Crippen molar-refractivity contribution >= 4 is 11.6 Å². The Morgan fingerprint density at radius 2 is 2.00 bits per heavy atom. The zero-order valence-electron chi connectivity index (χ0n) is 11.4. The van der Waals surface area contributed by atoms with E-state index in [1.54, 1.807) is 0 Å². The molecule has 7 heteroatoms. The maximum Gasteiger partial charge on any atom is 0.416 e. The molecule has 1 aromatic rings. The van der Waals surface area contributed by atoms with Gasteiger partial charge in [0.25, 0.3) is 0 Å². The SMILES string of the molecule is CC(CNc1cc(C(F)(F)F)cc(N)n1)N1CCCC1. The molecule has 2 rings (SSSR count). The smallest absolute Gasteiger partial charge is 0.384 e. The number of rotatable bonds is 4. The van der Waals surface area contributed by atoms with Crippen LogP contribution in [-0.2, 0) is 6.18 Å². The van der Waals surface area contributed by atoms with Gasteiger partial charge in [0.2, 0.25) is 0 Å². The van der Waals surface area contributed by atoms with Crippen LogP contribution in [0.1, 0.15) is 25.3 Å². The summed E-state index contributed by atoms with van der Waals surface area (Å²) < 4.78 is 38.0. The average molecular weight is 288 g/mol. The van der Waals surface area contributed by atoms with E-state index in [1.165, 1.54) is 12.8 Å². The van der Waals surface area contributed by atoms with E-state index in [4.69, 9.17) is 5.73 Å². The third kappa shape index (κ3) is 3.75. The molecule has 0 radical (unpaired) electrons. The van der Waals surface area contributed by atoms with Crippen molar-refractivity contribution < 1.29 is 13.2 Å². The van der Waals surface area contributed by atoms with Gasteiger partial charge < -0.3 is 11.1 Å². The third-order valence-electron chi connectivity index (χ3n) is 3.52. The van der Waals surface area contributed by atoms with E-state index in [9.17, 15) is 13.2 Å². The number of alkyl halides is 3. The van der Waals surface area contributed by atoms with Crippen molar-refractivity contribution in [3.8, 4) is 0 Å². The van der Waals surface area contributed by atoms with Gasteiger partial charge in [0.1, 0.15) is 11.6 Å². The molecular formula is C13H19F3N4. The number of nitrogens with two attached hydrogens (primary N) is 1. The molecule has 1 atom stereocenters. The Balaban J connectivity index is 2.00. The summed E-state index contributed by atoms with van der Waals surface area (Å²) in [6.07, 6.45) is -2.05. The first-order valence-corrected chi connectivity index (χ1v) is 6.69. The number of likely N-dealkylation sites (tertiary alicyclic amines) is 1. The van der Waals surface area contributed by atoms with Crippen LogP contribution in [0.3, 0.4) is 0 Å². The summed E-state index contributed by atoms with van der Waals surface area (Å²) in [5.74, 6) is 0.0412. The quantitative estimate of drug-likeness (QED) is 0.894. The summed E-state index contributed by atoms with van der Waals surface area (Å²) >= 11 is 0. The summed E-state index contributed by atoms with van der Waals surface area (Å²) in [5.41, 5.74) is 4.65. The van der Waals surface area contributed by atoms with Gasteiger partial charge in [-0.25, -0.2) is 4.98 Å². The Morgan fingerprint density at radius 3 is 2.60 bits per heavy atom. The van der Waals surface area contributed by atoms with E-state index < -0.39 is 11.7 Å². The fraction of sp³-hybridized carbons (Fsp3) is 0.615. The summed E-state index contributed by atoms with van der Waals surface area (Å²) in [6, 6.07) is 2.09. The van der Waals surface area contributed by atoms with Crippen LogP contribution in [0.4, 0.5) is 24.8 Å². The molecule has 0 amide bonds. The van der Waals surface area contributed by atoms with E-state index >= 15 is 0 Å². The van der Waals surface area contributed by atoms with Gasteiger partial charge in [-0.05, 0) is 45.0 Å². The van der Waals surface area contributed by atoms with Crippen LogP contribution in [0.5, 0.6) is 0 Å². The second-order valence-electron chi connectivity index (χ2n) is 5.14. The van der Waals surface area contributed by atoms with Gasteiger partial charge in [0.15, 0.2) is 0 Å². The minimum atomic E-state index is -4.41. The van der Waals surface area contributed by atoms with Crippen molar-refractivity contribution in [1.82, 2.24) is 9.88 Å². The molecule has 20 heavy (non-hydrogen) atoms. The van der Waals surface area contributed by atoms with Crippen molar-refractivity contribution in [1.29, 1.82) is 0 Å². The van der Waals surface area contributed by atoms with Crippen molar-refractivity contribution in [3.05, 3.63) is 17.7 Å². The number of aromatic nitrogens is 1. The van der Waals surface area contributed by atoms with Gasteiger partial charge in [0, 0.05) is 12.6 Å². The first kappa shape index (κ1) is 14.9. The summed E-state index contributed by atoms with van der Waals surface area (Å²) in [5, 5.41) is 2.94. The van der Waals surface area contributed by atoms with Gasteiger partial charge in [-0.1, -0.05) is 0 Å². The number of halogens is 3. The van der Waals surface area contributed by atoms with Gasteiger partial charge in [-0.2, -0.15) is 13.2 Å². The lowest BCUT2D eigenvalue weighted by Crippen LogP contribution is -2.35. The molecule has 0 saturated carbocycles. The number of nitrogens with one attached hydrogen (secondary N) is 1. The predicted molar refractivity (Wildman–Crippen MR) is 72.4 cm³/mol. The first-order valence-electron chi connectivity index (χ1n) is 6.69. The predicted octanol–water partition coefficient (Wildman–Crippen LogP) is 2.58. The van der Waals surface area contributed by atoms with Crippen LogP contribution in [0.15, 0.2) is 12.1 Å². The van der Waals surface area contributed by atoms with Gasteiger partial charge in [-0.3, -0.25) is 4.90 Å². The highest BCUT2D eigenvalue weighted by Gasteiger charge is 2.31. The second-order valence-corrected chi connectivity index (χ2v) is 5.14. The average Bonchev–Trinajstić information content (AvgIpc) is 2.88. The zero-order valence-corrected chi connectivity index (χ0v) is 11.4. The molecule has 0 aliphatic carbocycles. The Morgan fingerprint density at radius 1 is 1.35 bits per heavy atom. The van der Waals surface area contributed by atoms with Gasteiger partial charge in [0.05, 0.1) is 5.56 Å². The number of nitrogen functional groups attached to an aromatic ring is 1. The number of nitrogens with zero attached hydrogens (tertiary/aromatic N) is 2. The maximum absolute atomic E-state index is 12.7. The fourth-order valence-electron chi connectivity index (χ4n) is 2.37. The lowest BCUT2D eigenvalue weighted by molar-refractivity contribution is -0.137. The van der Waals surface area contributed by atoms with Crippen molar-refractivity contribution in [2.45, 2.75) is 32.0 Å². The molecule has 1 aliphatic rings. The van der Waals surface area contributed by atoms with Crippen LogP contribution < -0.4 is 11.1 Å². The highest BCUT2D eigenvalue weighted by molar-refractivity contribution is 5.47. The molecule has 1 aromatic heterocycles. The number of anilines is 2. The Bertz CT molecular complexity index is 455. The lowest BCUT2D eigenvalue weighted by Gasteiger charge is -2.24. The minimum absolute atomic E-state index is 0.129. The molecule has 2 heterocycles. The summed E-state index contributed by atoms with van der Waals surface area (Å²) in [7, 11) is 0. The zero-order chi connectivity index (χ0) is 14.8. The summed E-state index contributed by atoms with van der Waals surface area (Å²) in [4.78, 5) is 6.20. The van der Waals surface area contributed by atoms with Crippen molar-refractivity contribution in [2.75, 3.05) is 30.7 Å². The molecular weight excluding hydrogens is 269 g/mol. The van der Waals surface area contributed by atoms with E-state index in [0.29, 0.717) is 6.54 Å². The first-order chi connectivity index (χ1) is 9.36. The highest BCUT2D eigenvalue weighted by atomic mass is 19.4. The molecule has 1 unspecified atom stereocenters. The van der Waals surface area contributed by atoms with Crippen molar-refractivity contribution in [3.63, 3.8) is 0 Å². The lowest BCUT2D eigenvalue weighted by atomic mass is 10.2. The van der Waals surface area contributed by atoms with Crippen LogP contribution in [0, 0.1) is 0 Å². The molecule has 4 nitrogen and oxygen atoms in total. The van der Waals surface area contributed by atoms with E-state index in [2.05, 4.69) is 22.1 Å². The van der Waals surface area contributed by atoms with Crippen LogP contribution in [0.25, 0.3) is 0 Å². The molecule has 1 saturated heterocycles. The molecule has 0 aromatic carbocycles. The van der Waals surface area contributed by atoms with E-state index in [-0.39, 0.29) is 17.7 Å². The topological polar surface area (TPSA) is 54.2 Å². The van der Waals surface area contributed by atoms with E-state index in [0.717, 1.165) is 25.2 Å². The van der Waals surface area contributed by atoms with Gasteiger partial charge >= 0.3 is 6.18 Å². The second kappa shape index (κ2) is 5.87. The standard InChI is InChI=1S/C13H19F3N4/c1-9(20-4-2-3-5-20)8-18-12-7-10(13(14,15)16)6-11(17)19-12/h6-7,9H,2-5,8H2,1H3,(H3,17,18,19). The maximum atomic E-state index is 12.7. The molecule has 1 fully saturated rings. The fourth-order valence-corrected chi connectivity index (χ4v) is 2.37. The molecule has 1 aliphatic heterocycles. The summed E-state index contributed by atoms with van der Waals surface area (Å²) in [6.45, 7) is 4.69. The largest absolute Gasteiger partial charge is 0.416 e. The van der Waals surface area contributed by atoms with Crippen LogP contribution >= 0.6 is 0 Å². The van der Waals surface area contributed by atoms with Crippen molar-refractivity contribution in [2.24, 2.45) is 0 Å².